The molecule has 0 aromatic heterocycles. The molecular weight excluding hydrogens is 268 g/mol. The molecule has 0 nitrogen and oxygen atoms in total. The molecule has 0 fully saturated rings. The first-order valence-corrected chi connectivity index (χ1v) is 4.98. The van der Waals surface area contributed by atoms with Crippen molar-refractivity contribution in [3.8, 4) is 0 Å². The predicted octanol–water partition coefficient (Wildman–Crippen LogP) is 4.08. The molecule has 0 saturated heterocycles. The molecule has 0 bridgehead atoms. The van der Waals surface area contributed by atoms with Gasteiger partial charge in [0.15, 0.2) is 0 Å². The van der Waals surface area contributed by atoms with Gasteiger partial charge >= 0.3 is 0 Å². The molecule has 0 saturated carbocycles. The van der Waals surface area contributed by atoms with E-state index >= 15 is 0 Å². The van der Waals surface area contributed by atoms with Crippen molar-refractivity contribution in [1.29, 1.82) is 0 Å². The molecular formula is C9H8Br2. The van der Waals surface area contributed by atoms with Crippen LogP contribution in [0.5, 0.6) is 0 Å². The molecule has 0 N–H and O–H groups in total. The summed E-state index contributed by atoms with van der Waals surface area (Å²) in [7, 11) is 0. The minimum Gasteiger partial charge on any atom is -0.0587 e. The summed E-state index contributed by atoms with van der Waals surface area (Å²) >= 11 is 6.68. The number of hydrogen-bond donors (Lipinski definition) is 0. The Hall–Kier alpha value is -0.0800. The largest absolute Gasteiger partial charge is 0.0587 e. The van der Waals surface area contributed by atoms with E-state index in [-0.39, 0.29) is 0 Å². The lowest BCUT2D eigenvalue weighted by Gasteiger charge is -1.97. The highest BCUT2D eigenvalue weighted by atomic mass is 79.9. The Balaban J connectivity index is 2.99. The first-order chi connectivity index (χ1) is 5.24. The lowest BCUT2D eigenvalue weighted by atomic mass is 10.1. The molecule has 1 aromatic carbocycles. The van der Waals surface area contributed by atoms with Crippen molar-refractivity contribution in [2.75, 3.05) is 0 Å². The minimum atomic E-state index is 1.07. The zero-order valence-corrected chi connectivity index (χ0v) is 9.31. The first kappa shape index (κ1) is 9.01. The third kappa shape index (κ3) is 2.46. The van der Waals surface area contributed by atoms with Crippen molar-refractivity contribution in [3.05, 3.63) is 40.4 Å². The summed E-state index contributed by atoms with van der Waals surface area (Å²) < 4.78 is 1.07. The Morgan fingerprint density at radius 1 is 1.27 bits per heavy atom. The molecule has 1 aromatic rings. The van der Waals surface area contributed by atoms with Gasteiger partial charge in [-0.15, -0.1) is 0 Å². The van der Waals surface area contributed by atoms with Gasteiger partial charge in [0.1, 0.15) is 0 Å². The third-order valence-corrected chi connectivity index (χ3v) is 3.18. The molecule has 0 atom stereocenters. The normalized spacial score (nSPS) is 11.7. The van der Waals surface area contributed by atoms with E-state index in [1.807, 2.05) is 4.99 Å². The van der Waals surface area contributed by atoms with Gasteiger partial charge in [-0.3, -0.25) is 0 Å². The summed E-state index contributed by atoms with van der Waals surface area (Å²) in [4.78, 5) is 1.86. The molecule has 0 aliphatic rings. The average molecular weight is 276 g/mol. The zero-order valence-electron chi connectivity index (χ0n) is 6.14. The summed E-state index contributed by atoms with van der Waals surface area (Å²) in [5.74, 6) is 0. The smallest absolute Gasteiger partial charge is 0.0316 e. The molecule has 0 radical (unpaired) electrons. The first-order valence-electron chi connectivity index (χ1n) is 3.27. The molecule has 0 spiro atoms. The molecule has 0 unspecified atom stereocenters. The van der Waals surface area contributed by atoms with E-state index in [2.05, 4.69) is 63.0 Å². The van der Waals surface area contributed by atoms with Crippen LogP contribution < -0.4 is 0 Å². The summed E-state index contributed by atoms with van der Waals surface area (Å²) in [5, 5.41) is 0. The number of benzene rings is 1. The molecule has 58 valence electrons. The fraction of sp³-hybridized carbons (Fsp3) is 0.111. The van der Waals surface area contributed by atoms with Crippen LogP contribution in [0.4, 0.5) is 0 Å². The van der Waals surface area contributed by atoms with Gasteiger partial charge in [-0.25, -0.2) is 0 Å². The number of hydrogen-bond acceptors (Lipinski definition) is 0. The summed E-state index contributed by atoms with van der Waals surface area (Å²) in [6.07, 6.45) is 0. The summed E-state index contributed by atoms with van der Waals surface area (Å²) in [5.41, 5.74) is 2.47. The quantitative estimate of drug-likeness (QED) is 0.724. The van der Waals surface area contributed by atoms with Crippen LogP contribution in [0.15, 0.2) is 29.3 Å². The molecule has 0 aliphatic carbocycles. The van der Waals surface area contributed by atoms with Crippen LogP contribution in [0.3, 0.4) is 0 Å². The number of halogens is 2. The van der Waals surface area contributed by atoms with Crippen LogP contribution >= 0.6 is 31.9 Å². The topological polar surface area (TPSA) is 0 Å². The van der Waals surface area contributed by atoms with E-state index in [1.54, 1.807) is 0 Å². The molecule has 1 rings (SSSR count). The van der Waals surface area contributed by atoms with E-state index < -0.39 is 0 Å². The van der Waals surface area contributed by atoms with Gasteiger partial charge in [0.2, 0.25) is 0 Å². The van der Waals surface area contributed by atoms with Gasteiger partial charge in [-0.1, -0.05) is 45.8 Å². The molecule has 11 heavy (non-hydrogen) atoms. The monoisotopic (exact) mass is 274 g/mol. The maximum absolute atomic E-state index is 3.42. The van der Waals surface area contributed by atoms with Crippen molar-refractivity contribution in [1.82, 2.24) is 0 Å². The lowest BCUT2D eigenvalue weighted by molar-refractivity contribution is 1.46. The SMILES string of the molecule is Cc1ccc(/C(Br)=C\Br)cc1. The second-order valence-corrected chi connectivity index (χ2v) is 3.64. The van der Waals surface area contributed by atoms with E-state index in [1.165, 1.54) is 11.1 Å². The van der Waals surface area contributed by atoms with Crippen LogP contribution in [0.1, 0.15) is 11.1 Å². The molecule has 0 aliphatic heterocycles. The summed E-state index contributed by atoms with van der Waals surface area (Å²) in [6.45, 7) is 2.08. The highest BCUT2D eigenvalue weighted by molar-refractivity contribution is 9.16. The molecule has 2 heteroatoms. The van der Waals surface area contributed by atoms with Gasteiger partial charge in [0, 0.05) is 4.48 Å². The second-order valence-electron chi connectivity index (χ2n) is 2.32. The van der Waals surface area contributed by atoms with Gasteiger partial charge in [0.25, 0.3) is 0 Å². The highest BCUT2D eigenvalue weighted by Crippen LogP contribution is 2.22. The molecule has 0 heterocycles. The van der Waals surface area contributed by atoms with Crippen molar-refractivity contribution >= 4 is 36.3 Å². The van der Waals surface area contributed by atoms with Gasteiger partial charge in [-0.2, -0.15) is 0 Å². The van der Waals surface area contributed by atoms with Crippen molar-refractivity contribution < 1.29 is 0 Å². The predicted molar refractivity (Wildman–Crippen MR) is 57.0 cm³/mol. The van der Waals surface area contributed by atoms with Gasteiger partial charge < -0.3 is 0 Å². The van der Waals surface area contributed by atoms with Crippen LogP contribution in [0.25, 0.3) is 4.48 Å². The summed E-state index contributed by atoms with van der Waals surface area (Å²) in [6, 6.07) is 8.34. The zero-order chi connectivity index (χ0) is 8.27. The Labute approximate surface area is 83.6 Å². The van der Waals surface area contributed by atoms with Crippen LogP contribution in [0, 0.1) is 6.92 Å². The Morgan fingerprint density at radius 2 is 1.82 bits per heavy atom. The van der Waals surface area contributed by atoms with Gasteiger partial charge in [0.05, 0.1) is 0 Å². The van der Waals surface area contributed by atoms with Crippen LogP contribution in [-0.4, -0.2) is 0 Å². The van der Waals surface area contributed by atoms with E-state index in [9.17, 15) is 0 Å². The van der Waals surface area contributed by atoms with E-state index in [0.29, 0.717) is 0 Å². The third-order valence-electron chi connectivity index (χ3n) is 1.42. The number of rotatable bonds is 1. The lowest BCUT2D eigenvalue weighted by Crippen LogP contribution is -1.75. The highest BCUT2D eigenvalue weighted by Gasteiger charge is 1.93. The fourth-order valence-corrected chi connectivity index (χ4v) is 1.30. The average Bonchev–Trinajstić information content (AvgIpc) is 2.05. The maximum Gasteiger partial charge on any atom is 0.0316 e. The fourth-order valence-electron chi connectivity index (χ4n) is 0.776. The Bertz CT molecular complexity index is 259. The van der Waals surface area contributed by atoms with Crippen molar-refractivity contribution in [3.63, 3.8) is 0 Å². The van der Waals surface area contributed by atoms with Crippen molar-refractivity contribution in [2.24, 2.45) is 0 Å². The Morgan fingerprint density at radius 3 is 2.27 bits per heavy atom. The van der Waals surface area contributed by atoms with Gasteiger partial charge in [-0.05, 0) is 33.4 Å². The maximum atomic E-state index is 3.42. The van der Waals surface area contributed by atoms with Crippen LogP contribution in [-0.2, 0) is 0 Å². The second kappa shape index (κ2) is 4.07. The molecule has 0 amide bonds. The standard InChI is InChI=1S/C9H8Br2/c1-7-2-4-8(5-3-7)9(11)6-10/h2-6H,1H3/b9-6+. The van der Waals surface area contributed by atoms with Crippen LogP contribution in [0.2, 0.25) is 0 Å². The minimum absolute atomic E-state index is 1.07. The van der Waals surface area contributed by atoms with Crippen molar-refractivity contribution in [2.45, 2.75) is 6.92 Å². The van der Waals surface area contributed by atoms with E-state index in [0.717, 1.165) is 4.48 Å². The number of aryl methyl sites for hydroxylation is 1. The van der Waals surface area contributed by atoms with E-state index in [4.69, 9.17) is 0 Å². The Kier molecular flexibility index (Phi) is 3.34.